The summed E-state index contributed by atoms with van der Waals surface area (Å²) in [6.07, 6.45) is 7.72. The van der Waals surface area contributed by atoms with Crippen LogP contribution in [0.25, 0.3) is 6.08 Å². The molecule has 0 bridgehead atoms. The summed E-state index contributed by atoms with van der Waals surface area (Å²) in [7, 11) is 1.62. The van der Waals surface area contributed by atoms with Gasteiger partial charge in [-0.25, -0.2) is 0 Å². The number of rotatable bonds is 9. The molecule has 2 fully saturated rings. The minimum absolute atomic E-state index is 0.00670. The Labute approximate surface area is 185 Å². The maximum atomic E-state index is 12.6. The van der Waals surface area contributed by atoms with E-state index in [2.05, 4.69) is 11.8 Å². The topological polar surface area (TPSA) is 62.3 Å². The van der Waals surface area contributed by atoms with Crippen molar-refractivity contribution in [3.63, 3.8) is 0 Å². The predicted octanol–water partition coefficient (Wildman–Crippen LogP) is 2.65. The second-order valence-electron chi connectivity index (χ2n) is 8.13. The van der Waals surface area contributed by atoms with Crippen LogP contribution >= 0.6 is 0 Å². The van der Waals surface area contributed by atoms with Crippen molar-refractivity contribution in [2.75, 3.05) is 59.5 Å². The molecule has 31 heavy (non-hydrogen) atoms. The molecule has 170 valence electrons. The Bertz CT molecular complexity index is 766. The van der Waals surface area contributed by atoms with Crippen molar-refractivity contribution >= 4 is 17.9 Å². The summed E-state index contributed by atoms with van der Waals surface area (Å²) in [5, 5.41) is 0. The van der Waals surface area contributed by atoms with Crippen LogP contribution in [0.4, 0.5) is 0 Å². The fraction of sp³-hybridized carbons (Fsp3) is 0.583. The van der Waals surface area contributed by atoms with Crippen LogP contribution in [0.2, 0.25) is 0 Å². The lowest BCUT2D eigenvalue weighted by Gasteiger charge is -2.34. The number of methoxy groups -OCH3 is 1. The van der Waals surface area contributed by atoms with Gasteiger partial charge in [0.15, 0.2) is 11.5 Å². The molecule has 7 nitrogen and oxygen atoms in total. The van der Waals surface area contributed by atoms with E-state index in [9.17, 15) is 9.59 Å². The first kappa shape index (κ1) is 23.1. The molecule has 2 aliphatic heterocycles. The highest BCUT2D eigenvalue weighted by atomic mass is 16.5. The van der Waals surface area contributed by atoms with Gasteiger partial charge >= 0.3 is 0 Å². The fourth-order valence-corrected chi connectivity index (χ4v) is 3.89. The molecule has 0 spiro atoms. The lowest BCUT2D eigenvalue weighted by Crippen LogP contribution is -2.51. The van der Waals surface area contributed by atoms with E-state index >= 15 is 0 Å². The molecular weight excluding hydrogens is 394 g/mol. The van der Waals surface area contributed by atoms with Gasteiger partial charge in [0.25, 0.3) is 0 Å². The maximum Gasteiger partial charge on any atom is 0.246 e. The number of benzene rings is 1. The molecule has 0 radical (unpaired) electrons. The van der Waals surface area contributed by atoms with Crippen LogP contribution in [-0.2, 0) is 9.59 Å². The third-order valence-corrected chi connectivity index (χ3v) is 5.86. The van der Waals surface area contributed by atoms with E-state index in [1.807, 2.05) is 34.1 Å². The van der Waals surface area contributed by atoms with Crippen LogP contribution in [0.3, 0.4) is 0 Å². The van der Waals surface area contributed by atoms with Crippen LogP contribution in [0.5, 0.6) is 11.5 Å². The van der Waals surface area contributed by atoms with Crippen molar-refractivity contribution < 1.29 is 19.1 Å². The molecule has 1 aromatic carbocycles. The molecule has 2 saturated heterocycles. The molecule has 0 saturated carbocycles. The molecular formula is C24H35N3O4. The van der Waals surface area contributed by atoms with Gasteiger partial charge in [-0.15, -0.1) is 0 Å². The minimum atomic E-state index is -0.00670. The Balaban J connectivity index is 1.47. The molecule has 7 heteroatoms. The number of hydrogen-bond donors (Lipinski definition) is 0. The lowest BCUT2D eigenvalue weighted by molar-refractivity contribution is -0.132. The highest BCUT2D eigenvalue weighted by Crippen LogP contribution is 2.28. The third-order valence-electron chi connectivity index (χ3n) is 5.86. The zero-order valence-electron chi connectivity index (χ0n) is 18.8. The summed E-state index contributed by atoms with van der Waals surface area (Å²) in [6, 6.07) is 5.69. The van der Waals surface area contributed by atoms with Crippen molar-refractivity contribution in [3.8, 4) is 11.5 Å². The minimum Gasteiger partial charge on any atom is -0.493 e. The van der Waals surface area contributed by atoms with Crippen LogP contribution in [0, 0.1) is 0 Å². The van der Waals surface area contributed by atoms with Crippen molar-refractivity contribution in [2.24, 2.45) is 0 Å². The van der Waals surface area contributed by atoms with E-state index in [0.717, 1.165) is 63.2 Å². The average molecular weight is 430 g/mol. The van der Waals surface area contributed by atoms with Gasteiger partial charge in [0.05, 0.1) is 20.3 Å². The average Bonchev–Trinajstić information content (AvgIpc) is 3.34. The Morgan fingerprint density at radius 2 is 1.74 bits per heavy atom. The third kappa shape index (κ3) is 6.72. The van der Waals surface area contributed by atoms with E-state index in [-0.39, 0.29) is 11.8 Å². The van der Waals surface area contributed by atoms with Crippen LogP contribution in [0.15, 0.2) is 24.3 Å². The number of nitrogens with zero attached hydrogens (tertiary/aromatic N) is 3. The van der Waals surface area contributed by atoms with Crippen LogP contribution in [0.1, 0.15) is 38.2 Å². The molecule has 0 aromatic heterocycles. The second kappa shape index (κ2) is 11.7. The van der Waals surface area contributed by atoms with Crippen LogP contribution in [-0.4, -0.2) is 86.0 Å². The molecule has 0 aliphatic carbocycles. The van der Waals surface area contributed by atoms with Gasteiger partial charge in [0, 0.05) is 45.3 Å². The summed E-state index contributed by atoms with van der Waals surface area (Å²) >= 11 is 0. The number of hydrogen-bond acceptors (Lipinski definition) is 5. The predicted molar refractivity (Wildman–Crippen MR) is 121 cm³/mol. The molecule has 2 heterocycles. The van der Waals surface area contributed by atoms with E-state index in [1.54, 1.807) is 13.2 Å². The van der Waals surface area contributed by atoms with E-state index < -0.39 is 0 Å². The smallest absolute Gasteiger partial charge is 0.246 e. The molecule has 0 N–H and O–H groups in total. The molecule has 1 aromatic rings. The first-order chi connectivity index (χ1) is 15.1. The van der Waals surface area contributed by atoms with Gasteiger partial charge in [-0.1, -0.05) is 19.4 Å². The van der Waals surface area contributed by atoms with Gasteiger partial charge in [0.2, 0.25) is 11.8 Å². The normalized spacial score (nSPS) is 17.4. The quantitative estimate of drug-likeness (QED) is 0.446. The summed E-state index contributed by atoms with van der Waals surface area (Å²) in [6.45, 7) is 7.78. The summed E-state index contributed by atoms with van der Waals surface area (Å²) in [4.78, 5) is 30.8. The number of carbonyl (C=O) groups is 2. The maximum absolute atomic E-state index is 12.6. The Morgan fingerprint density at radius 3 is 2.42 bits per heavy atom. The summed E-state index contributed by atoms with van der Waals surface area (Å²) < 4.78 is 11.2. The van der Waals surface area contributed by atoms with Crippen LogP contribution < -0.4 is 9.47 Å². The highest BCUT2D eigenvalue weighted by Gasteiger charge is 2.24. The van der Waals surface area contributed by atoms with E-state index in [0.29, 0.717) is 32.0 Å². The Hall–Kier alpha value is -2.54. The first-order valence-corrected chi connectivity index (χ1v) is 11.4. The van der Waals surface area contributed by atoms with Gasteiger partial charge in [-0.05, 0) is 43.0 Å². The zero-order valence-corrected chi connectivity index (χ0v) is 18.8. The van der Waals surface area contributed by atoms with Crippen molar-refractivity contribution in [2.45, 2.75) is 32.6 Å². The van der Waals surface area contributed by atoms with Gasteiger partial charge in [-0.2, -0.15) is 0 Å². The summed E-state index contributed by atoms with van der Waals surface area (Å²) in [5.74, 6) is 1.60. The van der Waals surface area contributed by atoms with Gasteiger partial charge < -0.3 is 19.3 Å². The largest absolute Gasteiger partial charge is 0.493 e. The van der Waals surface area contributed by atoms with Gasteiger partial charge in [-0.3, -0.25) is 14.5 Å². The number of piperazine rings is 1. The number of likely N-dealkylation sites (tertiary alicyclic amines) is 1. The van der Waals surface area contributed by atoms with Crippen molar-refractivity contribution in [3.05, 3.63) is 29.8 Å². The first-order valence-electron chi connectivity index (χ1n) is 11.4. The summed E-state index contributed by atoms with van der Waals surface area (Å²) in [5.41, 5.74) is 0.892. The number of amides is 2. The van der Waals surface area contributed by atoms with Crippen molar-refractivity contribution in [1.29, 1.82) is 0 Å². The monoisotopic (exact) mass is 429 g/mol. The number of carbonyl (C=O) groups excluding carboxylic acids is 2. The Kier molecular flexibility index (Phi) is 8.76. The number of ether oxygens (including phenoxy) is 2. The Morgan fingerprint density at radius 1 is 1.00 bits per heavy atom. The highest BCUT2D eigenvalue weighted by molar-refractivity contribution is 5.92. The fourth-order valence-electron chi connectivity index (χ4n) is 3.89. The standard InChI is InChI=1S/C24H35N3O4/c1-3-4-17-31-21-9-7-20(18-22(21)30-2)8-10-23(28)27-15-13-25(14-16-27)19-24(29)26-11-5-6-12-26/h7-10,18H,3-6,11-17,19H2,1-2H3/b10-8+. The number of unbranched alkanes of at least 4 members (excludes halogenated alkanes) is 1. The molecule has 0 unspecified atom stereocenters. The molecule has 3 rings (SSSR count). The zero-order chi connectivity index (χ0) is 22.1. The molecule has 2 aliphatic rings. The van der Waals surface area contributed by atoms with Crippen molar-refractivity contribution in [1.82, 2.24) is 14.7 Å². The molecule has 0 atom stereocenters. The SMILES string of the molecule is CCCCOc1ccc(/C=C/C(=O)N2CCN(CC(=O)N3CCCC3)CC2)cc1OC. The molecule has 2 amide bonds. The van der Waals surface area contributed by atoms with E-state index in [4.69, 9.17) is 9.47 Å². The lowest BCUT2D eigenvalue weighted by atomic mass is 10.1. The van der Waals surface area contributed by atoms with E-state index in [1.165, 1.54) is 0 Å². The second-order valence-corrected chi connectivity index (χ2v) is 8.13. The van der Waals surface area contributed by atoms with Gasteiger partial charge in [0.1, 0.15) is 0 Å².